The number of para-hydroxylation sites is 1. The van der Waals surface area contributed by atoms with Gasteiger partial charge in [-0.25, -0.2) is 8.42 Å². The summed E-state index contributed by atoms with van der Waals surface area (Å²) in [7, 11) is -3.48. The van der Waals surface area contributed by atoms with Crippen LogP contribution in [0, 0.1) is 6.92 Å². The van der Waals surface area contributed by atoms with E-state index in [1.807, 2.05) is 48.7 Å². The van der Waals surface area contributed by atoms with E-state index in [0.717, 1.165) is 16.0 Å². The average molecular weight is 386 g/mol. The van der Waals surface area contributed by atoms with Crippen LogP contribution in [-0.2, 0) is 14.6 Å². The predicted octanol–water partition coefficient (Wildman–Crippen LogP) is 4.53. The maximum atomic E-state index is 12.4. The Morgan fingerprint density at radius 1 is 1.00 bits per heavy atom. The van der Waals surface area contributed by atoms with Crippen molar-refractivity contribution in [3.8, 4) is 10.4 Å². The van der Waals surface area contributed by atoms with Gasteiger partial charge in [0.1, 0.15) is 0 Å². The summed E-state index contributed by atoms with van der Waals surface area (Å²) in [6.07, 6.45) is -0.0883. The fraction of sp³-hybridized carbons (Fsp3) is 0.150. The van der Waals surface area contributed by atoms with Gasteiger partial charge in [0.15, 0.2) is 9.84 Å². The van der Waals surface area contributed by atoms with Crippen LogP contribution in [0.2, 0.25) is 0 Å². The van der Waals surface area contributed by atoms with Gasteiger partial charge in [0, 0.05) is 22.5 Å². The first-order valence-corrected chi connectivity index (χ1v) is 10.7. The molecule has 4 nitrogen and oxygen atoms in total. The number of hydrogen-bond donors (Lipinski definition) is 1. The lowest BCUT2D eigenvalue weighted by molar-refractivity contribution is -0.115. The number of carbonyl (C=O) groups is 1. The second-order valence-corrected chi connectivity index (χ2v) is 9.01. The Hall–Kier alpha value is -2.44. The van der Waals surface area contributed by atoms with E-state index in [-0.39, 0.29) is 23.0 Å². The van der Waals surface area contributed by atoms with Crippen LogP contribution in [0.3, 0.4) is 0 Å². The van der Waals surface area contributed by atoms with Gasteiger partial charge in [-0.2, -0.15) is 0 Å². The minimum Gasteiger partial charge on any atom is -0.325 e. The third-order valence-corrected chi connectivity index (χ3v) is 6.60. The van der Waals surface area contributed by atoms with Crippen molar-refractivity contribution in [1.82, 2.24) is 0 Å². The number of aryl methyl sites for hydroxylation is 1. The summed E-state index contributed by atoms with van der Waals surface area (Å²) < 4.78 is 24.8. The van der Waals surface area contributed by atoms with Gasteiger partial charge >= 0.3 is 0 Å². The summed E-state index contributed by atoms with van der Waals surface area (Å²) in [6, 6.07) is 18.1. The lowest BCUT2D eigenvalue weighted by Gasteiger charge is -2.10. The molecule has 1 amide bonds. The number of thiophene rings is 1. The van der Waals surface area contributed by atoms with Crippen LogP contribution in [0.15, 0.2) is 70.9 Å². The number of rotatable bonds is 6. The number of nitrogens with one attached hydrogen (secondary N) is 1. The molecule has 6 heteroatoms. The SMILES string of the molecule is Cc1ccc(S(=O)(=O)CCC(=O)Nc2ccccc2-c2cccs2)cc1. The quantitative estimate of drug-likeness (QED) is 0.678. The minimum atomic E-state index is -3.48. The zero-order valence-corrected chi connectivity index (χ0v) is 15.9. The minimum absolute atomic E-state index is 0.0883. The molecule has 3 rings (SSSR count). The van der Waals surface area contributed by atoms with Gasteiger partial charge in [-0.05, 0) is 36.6 Å². The van der Waals surface area contributed by atoms with Crippen molar-refractivity contribution in [3.63, 3.8) is 0 Å². The van der Waals surface area contributed by atoms with Crippen molar-refractivity contribution in [3.05, 3.63) is 71.6 Å². The lowest BCUT2D eigenvalue weighted by atomic mass is 10.1. The number of sulfone groups is 1. The van der Waals surface area contributed by atoms with Crippen molar-refractivity contribution >= 4 is 32.8 Å². The van der Waals surface area contributed by atoms with Gasteiger partial charge in [0.25, 0.3) is 0 Å². The van der Waals surface area contributed by atoms with Crippen LogP contribution in [0.5, 0.6) is 0 Å². The summed E-state index contributed by atoms with van der Waals surface area (Å²) in [5.41, 5.74) is 2.61. The normalized spacial score (nSPS) is 11.3. The van der Waals surface area contributed by atoms with E-state index in [1.54, 1.807) is 35.6 Å². The Labute approximate surface area is 157 Å². The molecular weight excluding hydrogens is 366 g/mol. The van der Waals surface area contributed by atoms with Crippen LogP contribution in [0.1, 0.15) is 12.0 Å². The zero-order valence-electron chi connectivity index (χ0n) is 14.3. The third kappa shape index (κ3) is 4.39. The van der Waals surface area contributed by atoms with Gasteiger partial charge in [-0.3, -0.25) is 4.79 Å². The van der Waals surface area contributed by atoms with Gasteiger partial charge in [-0.1, -0.05) is 42.0 Å². The number of hydrogen-bond acceptors (Lipinski definition) is 4. The summed E-state index contributed by atoms with van der Waals surface area (Å²) in [4.78, 5) is 13.6. The Morgan fingerprint density at radius 3 is 2.42 bits per heavy atom. The van der Waals surface area contributed by atoms with Crippen molar-refractivity contribution in [1.29, 1.82) is 0 Å². The molecule has 0 aliphatic rings. The molecule has 134 valence electrons. The maximum Gasteiger partial charge on any atom is 0.225 e. The molecule has 3 aromatic rings. The van der Waals surface area contributed by atoms with E-state index < -0.39 is 9.84 Å². The number of amides is 1. The molecule has 0 saturated carbocycles. The molecule has 1 aromatic heterocycles. The van der Waals surface area contributed by atoms with Crippen molar-refractivity contribution < 1.29 is 13.2 Å². The Kier molecular flexibility index (Phi) is 5.54. The van der Waals surface area contributed by atoms with Crippen LogP contribution in [0.25, 0.3) is 10.4 Å². The Morgan fingerprint density at radius 2 is 1.73 bits per heavy atom. The highest BCUT2D eigenvalue weighted by atomic mass is 32.2. The molecule has 0 aliphatic heterocycles. The fourth-order valence-electron chi connectivity index (χ4n) is 2.54. The first kappa shape index (κ1) is 18.4. The molecule has 26 heavy (non-hydrogen) atoms. The molecular formula is C20H19NO3S2. The summed E-state index contributed by atoms with van der Waals surface area (Å²) in [6.45, 7) is 1.90. The smallest absolute Gasteiger partial charge is 0.225 e. The molecule has 1 N–H and O–H groups in total. The highest BCUT2D eigenvalue weighted by molar-refractivity contribution is 7.91. The first-order valence-electron chi connectivity index (χ1n) is 8.18. The van der Waals surface area contributed by atoms with Crippen LogP contribution < -0.4 is 5.32 Å². The van der Waals surface area contributed by atoms with Crippen molar-refractivity contribution in [2.24, 2.45) is 0 Å². The van der Waals surface area contributed by atoms with Gasteiger partial charge < -0.3 is 5.32 Å². The lowest BCUT2D eigenvalue weighted by Crippen LogP contribution is -2.17. The maximum absolute atomic E-state index is 12.4. The summed E-state index contributed by atoms with van der Waals surface area (Å²) in [5.74, 6) is -0.534. The van der Waals surface area contributed by atoms with Crippen LogP contribution in [0.4, 0.5) is 5.69 Å². The van der Waals surface area contributed by atoms with Gasteiger partial charge in [0.2, 0.25) is 5.91 Å². The van der Waals surface area contributed by atoms with Gasteiger partial charge in [0.05, 0.1) is 10.6 Å². The highest BCUT2D eigenvalue weighted by Gasteiger charge is 2.17. The van der Waals surface area contributed by atoms with E-state index >= 15 is 0 Å². The molecule has 0 fully saturated rings. The monoisotopic (exact) mass is 385 g/mol. The number of anilines is 1. The standard InChI is InChI=1S/C20H19NO3S2/c1-15-8-10-16(11-9-15)26(23,24)14-12-20(22)21-18-6-3-2-5-17(18)19-7-4-13-25-19/h2-11,13H,12,14H2,1H3,(H,21,22). The second kappa shape index (κ2) is 7.85. The third-order valence-electron chi connectivity index (χ3n) is 3.97. The number of carbonyl (C=O) groups excluding carboxylic acids is 1. The molecule has 0 bridgehead atoms. The van der Waals surface area contributed by atoms with E-state index in [0.29, 0.717) is 5.69 Å². The number of benzene rings is 2. The molecule has 1 heterocycles. The fourth-order valence-corrected chi connectivity index (χ4v) is 4.55. The Bertz CT molecular complexity index is 992. The summed E-state index contributed by atoms with van der Waals surface area (Å²) >= 11 is 1.59. The first-order chi connectivity index (χ1) is 12.5. The highest BCUT2D eigenvalue weighted by Crippen LogP contribution is 2.31. The van der Waals surface area contributed by atoms with E-state index in [4.69, 9.17) is 0 Å². The van der Waals surface area contributed by atoms with Crippen LogP contribution >= 0.6 is 11.3 Å². The molecule has 0 saturated heterocycles. The molecule has 0 spiro atoms. The van der Waals surface area contributed by atoms with E-state index in [2.05, 4.69) is 5.32 Å². The second-order valence-electron chi connectivity index (χ2n) is 5.95. The van der Waals surface area contributed by atoms with E-state index in [9.17, 15) is 13.2 Å². The van der Waals surface area contributed by atoms with Crippen LogP contribution in [-0.4, -0.2) is 20.1 Å². The Balaban J connectivity index is 1.68. The molecule has 2 aromatic carbocycles. The zero-order chi connectivity index (χ0) is 18.6. The predicted molar refractivity (Wildman–Crippen MR) is 106 cm³/mol. The van der Waals surface area contributed by atoms with E-state index in [1.165, 1.54) is 0 Å². The molecule has 0 aliphatic carbocycles. The molecule has 0 radical (unpaired) electrons. The molecule has 0 atom stereocenters. The van der Waals surface area contributed by atoms with Crippen molar-refractivity contribution in [2.75, 3.05) is 11.1 Å². The summed E-state index contributed by atoms with van der Waals surface area (Å²) in [5, 5.41) is 4.81. The van der Waals surface area contributed by atoms with Crippen molar-refractivity contribution in [2.45, 2.75) is 18.2 Å². The molecule has 0 unspecified atom stereocenters. The largest absolute Gasteiger partial charge is 0.325 e. The average Bonchev–Trinajstić information content (AvgIpc) is 3.15. The van der Waals surface area contributed by atoms with Gasteiger partial charge in [-0.15, -0.1) is 11.3 Å². The topological polar surface area (TPSA) is 63.2 Å².